The SMILES string of the molecule is Cc1ncncc1C(=O)N1[C@H](CN)CC[C@@H]1CC(N)=O. The number of amides is 2. The number of likely N-dealkylation sites (tertiary alicyclic amines) is 1. The minimum Gasteiger partial charge on any atom is -0.370 e. The number of hydrogen-bond donors (Lipinski definition) is 2. The maximum atomic E-state index is 12.7. The molecule has 20 heavy (non-hydrogen) atoms. The average molecular weight is 277 g/mol. The summed E-state index contributed by atoms with van der Waals surface area (Å²) in [6.45, 7) is 2.12. The summed E-state index contributed by atoms with van der Waals surface area (Å²) in [7, 11) is 0. The van der Waals surface area contributed by atoms with Crippen LogP contribution in [0.25, 0.3) is 0 Å². The molecule has 2 amide bonds. The van der Waals surface area contributed by atoms with Gasteiger partial charge < -0.3 is 16.4 Å². The molecule has 1 saturated heterocycles. The molecule has 0 bridgehead atoms. The highest BCUT2D eigenvalue weighted by atomic mass is 16.2. The van der Waals surface area contributed by atoms with Gasteiger partial charge in [0.15, 0.2) is 0 Å². The van der Waals surface area contributed by atoms with Crippen molar-refractivity contribution >= 4 is 11.8 Å². The van der Waals surface area contributed by atoms with Gasteiger partial charge in [-0.3, -0.25) is 9.59 Å². The van der Waals surface area contributed by atoms with Crippen molar-refractivity contribution in [1.29, 1.82) is 0 Å². The van der Waals surface area contributed by atoms with E-state index in [0.29, 0.717) is 17.8 Å². The Kier molecular flexibility index (Phi) is 4.29. The van der Waals surface area contributed by atoms with Gasteiger partial charge in [-0.2, -0.15) is 0 Å². The fraction of sp³-hybridized carbons (Fsp3) is 0.538. The van der Waals surface area contributed by atoms with Gasteiger partial charge in [0.05, 0.1) is 11.3 Å². The van der Waals surface area contributed by atoms with Crippen LogP contribution in [-0.4, -0.2) is 45.3 Å². The van der Waals surface area contributed by atoms with Crippen molar-refractivity contribution in [2.75, 3.05) is 6.54 Å². The fourth-order valence-electron chi connectivity index (χ4n) is 2.70. The van der Waals surface area contributed by atoms with E-state index in [4.69, 9.17) is 11.5 Å². The van der Waals surface area contributed by atoms with E-state index in [1.54, 1.807) is 11.8 Å². The molecule has 0 unspecified atom stereocenters. The van der Waals surface area contributed by atoms with E-state index in [0.717, 1.165) is 12.8 Å². The summed E-state index contributed by atoms with van der Waals surface area (Å²) in [5.41, 5.74) is 12.0. The quantitative estimate of drug-likeness (QED) is 0.776. The second-order valence-electron chi connectivity index (χ2n) is 5.03. The molecule has 2 rings (SSSR count). The molecule has 4 N–H and O–H groups in total. The topological polar surface area (TPSA) is 115 Å². The summed E-state index contributed by atoms with van der Waals surface area (Å²) in [6, 6.07) is -0.250. The van der Waals surface area contributed by atoms with Crippen LogP contribution < -0.4 is 11.5 Å². The first-order valence-electron chi connectivity index (χ1n) is 6.62. The van der Waals surface area contributed by atoms with Gasteiger partial charge in [-0.15, -0.1) is 0 Å². The zero-order valence-electron chi connectivity index (χ0n) is 11.5. The van der Waals surface area contributed by atoms with E-state index in [1.165, 1.54) is 12.5 Å². The van der Waals surface area contributed by atoms with E-state index in [9.17, 15) is 9.59 Å². The average Bonchev–Trinajstić information content (AvgIpc) is 2.80. The van der Waals surface area contributed by atoms with Crippen LogP contribution in [0.15, 0.2) is 12.5 Å². The zero-order valence-corrected chi connectivity index (χ0v) is 11.5. The Morgan fingerprint density at radius 3 is 2.70 bits per heavy atom. The predicted molar refractivity (Wildman–Crippen MR) is 72.6 cm³/mol. The molecule has 0 saturated carbocycles. The van der Waals surface area contributed by atoms with Crippen LogP contribution in [0.1, 0.15) is 35.3 Å². The molecule has 1 aliphatic rings. The Hall–Kier alpha value is -2.02. The highest BCUT2D eigenvalue weighted by Gasteiger charge is 2.37. The Morgan fingerprint density at radius 2 is 2.10 bits per heavy atom. The first-order valence-corrected chi connectivity index (χ1v) is 6.62. The van der Waals surface area contributed by atoms with Gasteiger partial charge in [-0.25, -0.2) is 9.97 Å². The molecular formula is C13H19N5O2. The first kappa shape index (κ1) is 14.4. The highest BCUT2D eigenvalue weighted by Crippen LogP contribution is 2.28. The van der Waals surface area contributed by atoms with Crippen molar-refractivity contribution in [2.24, 2.45) is 11.5 Å². The summed E-state index contributed by atoms with van der Waals surface area (Å²) in [5.74, 6) is -0.589. The van der Waals surface area contributed by atoms with E-state index in [1.807, 2.05) is 0 Å². The van der Waals surface area contributed by atoms with E-state index in [-0.39, 0.29) is 24.4 Å². The lowest BCUT2D eigenvalue weighted by Crippen LogP contribution is -2.46. The lowest BCUT2D eigenvalue weighted by atomic mass is 10.1. The summed E-state index contributed by atoms with van der Waals surface area (Å²) in [4.78, 5) is 33.4. The summed E-state index contributed by atoms with van der Waals surface area (Å²) >= 11 is 0. The molecule has 0 aromatic carbocycles. The molecule has 108 valence electrons. The molecule has 1 fully saturated rings. The van der Waals surface area contributed by atoms with Crippen LogP contribution in [-0.2, 0) is 4.79 Å². The lowest BCUT2D eigenvalue weighted by molar-refractivity contribution is -0.118. The van der Waals surface area contributed by atoms with Gasteiger partial charge in [0, 0.05) is 31.2 Å². The molecule has 1 aromatic heterocycles. The first-order chi connectivity index (χ1) is 9.54. The number of primary amides is 1. The molecule has 7 nitrogen and oxygen atoms in total. The molecular weight excluding hydrogens is 258 g/mol. The Morgan fingerprint density at radius 1 is 1.40 bits per heavy atom. The highest BCUT2D eigenvalue weighted by molar-refractivity contribution is 5.95. The van der Waals surface area contributed by atoms with Crippen molar-refractivity contribution in [3.63, 3.8) is 0 Å². The van der Waals surface area contributed by atoms with Crippen molar-refractivity contribution in [3.8, 4) is 0 Å². The number of aromatic nitrogens is 2. The van der Waals surface area contributed by atoms with Gasteiger partial charge in [0.1, 0.15) is 6.33 Å². The minimum absolute atomic E-state index is 0.0635. The molecule has 7 heteroatoms. The van der Waals surface area contributed by atoms with Crippen LogP contribution in [0.2, 0.25) is 0 Å². The van der Waals surface area contributed by atoms with Crippen molar-refractivity contribution in [2.45, 2.75) is 38.3 Å². The number of carbonyl (C=O) groups is 2. The number of aryl methyl sites for hydroxylation is 1. The second-order valence-corrected chi connectivity index (χ2v) is 5.03. The number of nitrogens with two attached hydrogens (primary N) is 2. The van der Waals surface area contributed by atoms with Crippen LogP contribution >= 0.6 is 0 Å². The van der Waals surface area contributed by atoms with E-state index in [2.05, 4.69) is 9.97 Å². The third kappa shape index (κ3) is 2.77. The zero-order chi connectivity index (χ0) is 14.7. The monoisotopic (exact) mass is 277 g/mol. The molecule has 2 heterocycles. The maximum absolute atomic E-state index is 12.7. The summed E-state index contributed by atoms with van der Waals surface area (Å²) in [6.07, 6.45) is 4.58. The van der Waals surface area contributed by atoms with Gasteiger partial charge in [0.25, 0.3) is 5.91 Å². The van der Waals surface area contributed by atoms with Gasteiger partial charge in [0.2, 0.25) is 5.91 Å². The van der Waals surface area contributed by atoms with Crippen LogP contribution in [0, 0.1) is 6.92 Å². The van der Waals surface area contributed by atoms with Gasteiger partial charge in [-0.05, 0) is 19.8 Å². The standard InChI is InChI=1S/C13H19N5O2/c1-8-11(6-16-7-17-8)13(20)18-9(4-12(15)19)2-3-10(18)5-14/h6-7,9-10H,2-5,14H2,1H3,(H2,15,19)/t9-,10+/m1/s1. The molecule has 1 aromatic rings. The predicted octanol–water partition coefficient (Wildman–Crippen LogP) is -0.408. The second kappa shape index (κ2) is 5.96. The molecule has 0 radical (unpaired) electrons. The summed E-state index contributed by atoms with van der Waals surface area (Å²) < 4.78 is 0. The summed E-state index contributed by atoms with van der Waals surface area (Å²) in [5, 5.41) is 0. The lowest BCUT2D eigenvalue weighted by Gasteiger charge is -2.29. The number of hydrogen-bond acceptors (Lipinski definition) is 5. The Bertz CT molecular complexity index is 519. The third-order valence-corrected chi connectivity index (χ3v) is 3.71. The molecule has 2 atom stereocenters. The minimum atomic E-state index is -0.411. The van der Waals surface area contributed by atoms with Crippen LogP contribution in [0.3, 0.4) is 0 Å². The Balaban J connectivity index is 2.28. The largest absolute Gasteiger partial charge is 0.370 e. The molecule has 1 aliphatic heterocycles. The van der Waals surface area contributed by atoms with E-state index < -0.39 is 5.91 Å². The number of nitrogens with zero attached hydrogens (tertiary/aromatic N) is 3. The van der Waals surface area contributed by atoms with Crippen LogP contribution in [0.4, 0.5) is 0 Å². The van der Waals surface area contributed by atoms with Crippen molar-refractivity contribution in [1.82, 2.24) is 14.9 Å². The number of carbonyl (C=O) groups excluding carboxylic acids is 2. The maximum Gasteiger partial charge on any atom is 0.257 e. The molecule has 0 spiro atoms. The third-order valence-electron chi connectivity index (χ3n) is 3.71. The van der Waals surface area contributed by atoms with Gasteiger partial charge >= 0.3 is 0 Å². The van der Waals surface area contributed by atoms with Gasteiger partial charge in [-0.1, -0.05) is 0 Å². The van der Waals surface area contributed by atoms with Crippen molar-refractivity contribution in [3.05, 3.63) is 23.8 Å². The Labute approximate surface area is 117 Å². The fourth-order valence-corrected chi connectivity index (χ4v) is 2.70. The normalized spacial score (nSPS) is 22.0. The van der Waals surface area contributed by atoms with Crippen LogP contribution in [0.5, 0.6) is 0 Å². The smallest absolute Gasteiger partial charge is 0.257 e. The van der Waals surface area contributed by atoms with E-state index >= 15 is 0 Å². The molecule has 0 aliphatic carbocycles. The van der Waals surface area contributed by atoms with Crippen molar-refractivity contribution < 1.29 is 9.59 Å². The number of rotatable bonds is 4.